The summed E-state index contributed by atoms with van der Waals surface area (Å²) < 4.78 is 5.63. The number of rotatable bonds is 8. The third-order valence-electron chi connectivity index (χ3n) is 9.03. The van der Waals surface area contributed by atoms with E-state index in [1.54, 1.807) is 7.11 Å². The largest absolute Gasteiger partial charge is 0.496 e. The van der Waals surface area contributed by atoms with Crippen LogP contribution < -0.4 is 15.0 Å². The van der Waals surface area contributed by atoms with Gasteiger partial charge in [0.2, 0.25) is 11.8 Å². The Morgan fingerprint density at radius 2 is 1.66 bits per heavy atom. The number of amides is 2. The molecule has 0 spiro atoms. The fourth-order valence-corrected chi connectivity index (χ4v) is 7.23. The van der Waals surface area contributed by atoms with E-state index in [9.17, 15) is 19.5 Å². The lowest BCUT2D eigenvalue weighted by Gasteiger charge is -2.36. The molecule has 2 N–H and O–H groups in total. The molecule has 1 aliphatic carbocycles. The summed E-state index contributed by atoms with van der Waals surface area (Å²) in [5.41, 5.74) is 1.65. The van der Waals surface area contributed by atoms with Crippen molar-refractivity contribution in [3.63, 3.8) is 0 Å². The summed E-state index contributed by atoms with van der Waals surface area (Å²) in [5, 5.41) is 14.2. The summed E-state index contributed by atoms with van der Waals surface area (Å²) in [6, 6.07) is 12.6. The molecule has 38 heavy (non-hydrogen) atoms. The van der Waals surface area contributed by atoms with Gasteiger partial charge in [-0.2, -0.15) is 0 Å². The molecule has 7 heteroatoms. The first-order chi connectivity index (χ1) is 18.4. The van der Waals surface area contributed by atoms with Crippen LogP contribution in [0.1, 0.15) is 75.1 Å². The molecule has 0 aromatic heterocycles. The predicted octanol–water partition coefficient (Wildman–Crippen LogP) is 5.06. The van der Waals surface area contributed by atoms with Gasteiger partial charge >= 0.3 is 5.97 Å². The highest BCUT2D eigenvalue weighted by Gasteiger charge is 2.69. The number of nitrogens with one attached hydrogen (secondary N) is 1. The summed E-state index contributed by atoms with van der Waals surface area (Å²) in [5.74, 6) is -2.87. The molecule has 0 radical (unpaired) electrons. The lowest BCUT2D eigenvalue weighted by atomic mass is 9.72. The molecule has 3 aliphatic rings. The van der Waals surface area contributed by atoms with Gasteiger partial charge in [-0.3, -0.25) is 19.7 Å². The summed E-state index contributed by atoms with van der Waals surface area (Å²) >= 11 is 0. The van der Waals surface area contributed by atoms with E-state index in [4.69, 9.17) is 4.74 Å². The van der Waals surface area contributed by atoms with Gasteiger partial charge in [-0.05, 0) is 42.4 Å². The predicted molar refractivity (Wildman–Crippen MR) is 145 cm³/mol. The van der Waals surface area contributed by atoms with Crippen molar-refractivity contribution < 1.29 is 24.2 Å². The van der Waals surface area contributed by atoms with Gasteiger partial charge in [-0.1, -0.05) is 82.3 Å². The molecule has 4 atom stereocenters. The Morgan fingerprint density at radius 1 is 1.00 bits per heavy atom. The van der Waals surface area contributed by atoms with Crippen molar-refractivity contribution in [1.82, 2.24) is 5.32 Å². The smallest absolute Gasteiger partial charge is 0.324 e. The number of para-hydroxylation sites is 2. The molecule has 2 saturated heterocycles. The number of methoxy groups -OCH3 is 1. The topological polar surface area (TPSA) is 95.9 Å². The number of hydrogen-bond donors (Lipinski definition) is 2. The molecule has 7 nitrogen and oxygen atoms in total. The van der Waals surface area contributed by atoms with E-state index in [2.05, 4.69) is 5.32 Å². The maximum absolute atomic E-state index is 14.4. The molecule has 2 aromatic rings. The highest BCUT2D eigenvalue weighted by atomic mass is 16.5. The number of nitrogens with zero attached hydrogens (tertiary/aromatic N) is 1. The third-order valence-corrected chi connectivity index (χ3v) is 9.03. The highest BCUT2D eigenvalue weighted by molar-refractivity contribution is 6.25. The number of carboxylic acids is 1. The third kappa shape index (κ3) is 4.12. The number of carbonyl (C=O) groups excluding carboxylic acids is 2. The minimum absolute atomic E-state index is 0.190. The van der Waals surface area contributed by atoms with E-state index in [0.29, 0.717) is 36.3 Å². The van der Waals surface area contributed by atoms with Crippen molar-refractivity contribution in [2.75, 3.05) is 12.0 Å². The van der Waals surface area contributed by atoms with Crippen LogP contribution in [-0.4, -0.2) is 35.5 Å². The van der Waals surface area contributed by atoms with Gasteiger partial charge in [0.25, 0.3) is 0 Å². The van der Waals surface area contributed by atoms with Crippen LogP contribution in [-0.2, 0) is 27.2 Å². The lowest BCUT2D eigenvalue weighted by molar-refractivity contribution is -0.150. The second-order valence-corrected chi connectivity index (χ2v) is 11.0. The Hall–Kier alpha value is -3.19. The number of aliphatic carboxylic acids is 1. The van der Waals surface area contributed by atoms with Gasteiger partial charge in [0.1, 0.15) is 11.3 Å². The molecule has 2 aromatic carbocycles. The van der Waals surface area contributed by atoms with Crippen LogP contribution in [0.5, 0.6) is 5.75 Å². The Balaban J connectivity index is 1.68. The average Bonchev–Trinajstić information content (AvgIpc) is 3.42. The molecular formula is C31H38N2O5. The number of ether oxygens (including phenoxy) is 1. The van der Waals surface area contributed by atoms with Gasteiger partial charge < -0.3 is 9.84 Å². The fourth-order valence-electron chi connectivity index (χ4n) is 7.23. The lowest BCUT2D eigenvalue weighted by Crippen LogP contribution is -2.57. The Bertz CT molecular complexity index is 1210. The van der Waals surface area contributed by atoms with Gasteiger partial charge in [-0.15, -0.1) is 0 Å². The number of carbonyl (C=O) groups is 3. The molecule has 3 fully saturated rings. The number of benzene rings is 2. The second kappa shape index (κ2) is 10.5. The van der Waals surface area contributed by atoms with Crippen LogP contribution in [0, 0.1) is 17.8 Å². The Morgan fingerprint density at radius 3 is 2.26 bits per heavy atom. The molecule has 0 bridgehead atoms. The second-order valence-electron chi connectivity index (χ2n) is 11.0. The zero-order valence-corrected chi connectivity index (χ0v) is 22.5. The van der Waals surface area contributed by atoms with Crippen molar-refractivity contribution in [2.24, 2.45) is 17.8 Å². The minimum Gasteiger partial charge on any atom is -0.496 e. The first kappa shape index (κ1) is 26.4. The first-order valence-corrected chi connectivity index (χ1v) is 14.0. The van der Waals surface area contributed by atoms with Crippen LogP contribution in [0.4, 0.5) is 5.69 Å². The number of carboxylic acid groups (broad SMARTS) is 1. The first-order valence-electron chi connectivity index (χ1n) is 14.0. The Kier molecular flexibility index (Phi) is 7.32. The number of aryl methyl sites for hydroxylation is 2. The summed E-state index contributed by atoms with van der Waals surface area (Å²) in [6.45, 7) is 4.02. The quantitative estimate of drug-likeness (QED) is 0.474. The van der Waals surface area contributed by atoms with E-state index in [-0.39, 0.29) is 11.8 Å². The van der Waals surface area contributed by atoms with Crippen molar-refractivity contribution in [3.8, 4) is 5.75 Å². The summed E-state index contributed by atoms with van der Waals surface area (Å²) in [4.78, 5) is 43.3. The minimum atomic E-state index is -1.53. The zero-order chi connectivity index (χ0) is 27.0. The average molecular weight is 519 g/mol. The molecule has 2 heterocycles. The normalized spacial score (nSPS) is 27.6. The van der Waals surface area contributed by atoms with Crippen molar-refractivity contribution in [3.05, 3.63) is 59.2 Å². The molecule has 1 saturated carbocycles. The Labute approximate surface area is 224 Å². The van der Waals surface area contributed by atoms with Crippen molar-refractivity contribution in [1.29, 1.82) is 0 Å². The van der Waals surface area contributed by atoms with Crippen molar-refractivity contribution >= 4 is 23.5 Å². The maximum atomic E-state index is 14.4. The van der Waals surface area contributed by atoms with Crippen molar-refractivity contribution in [2.45, 2.75) is 76.8 Å². The number of fused-ring (bicyclic) bond motifs is 1. The summed E-state index contributed by atoms with van der Waals surface area (Å²) in [7, 11) is 1.57. The maximum Gasteiger partial charge on any atom is 0.324 e. The molecule has 2 amide bonds. The van der Waals surface area contributed by atoms with Gasteiger partial charge in [0.15, 0.2) is 0 Å². The van der Waals surface area contributed by atoms with Gasteiger partial charge in [0, 0.05) is 11.6 Å². The zero-order valence-electron chi connectivity index (χ0n) is 22.5. The van der Waals surface area contributed by atoms with Crippen LogP contribution >= 0.6 is 0 Å². The van der Waals surface area contributed by atoms with Gasteiger partial charge in [-0.25, -0.2) is 4.90 Å². The van der Waals surface area contributed by atoms with E-state index in [1.807, 2.05) is 56.3 Å². The fraction of sp³-hybridized carbons (Fsp3) is 0.516. The van der Waals surface area contributed by atoms with Gasteiger partial charge in [0.05, 0.1) is 24.6 Å². The van der Waals surface area contributed by atoms with Crippen LogP contribution in [0.15, 0.2) is 42.5 Å². The SMILES string of the molecule is CCc1cccc(CC)c1N1C(=O)C2C(c3ccccc3OC)NC(CC3CCCCC3)(C(=O)O)C2C1=O. The number of imide groups is 1. The van der Waals surface area contributed by atoms with Crippen LogP contribution in [0.3, 0.4) is 0 Å². The molecule has 202 valence electrons. The van der Waals surface area contributed by atoms with E-state index >= 15 is 0 Å². The molecular weight excluding hydrogens is 480 g/mol. The van der Waals surface area contributed by atoms with E-state index in [0.717, 1.165) is 43.2 Å². The summed E-state index contributed by atoms with van der Waals surface area (Å²) in [6.07, 6.45) is 6.82. The standard InChI is InChI=1S/C31H38N2O5/c1-4-20-14-11-15-21(5-2)27(20)33-28(34)24-25(29(33)35)31(30(36)37,18-19-12-7-6-8-13-19)32-26(24)22-16-9-10-17-23(22)38-3/h9-11,14-17,19,24-26,32H,4-8,12-13,18H2,1-3H3,(H,36,37). The highest BCUT2D eigenvalue weighted by Crippen LogP contribution is 2.54. The van der Waals surface area contributed by atoms with Crippen LogP contribution in [0.2, 0.25) is 0 Å². The van der Waals surface area contributed by atoms with E-state index in [1.165, 1.54) is 4.90 Å². The molecule has 5 rings (SSSR count). The molecule has 2 aliphatic heterocycles. The number of hydrogen-bond acceptors (Lipinski definition) is 5. The van der Waals surface area contributed by atoms with E-state index < -0.39 is 35.3 Å². The monoisotopic (exact) mass is 518 g/mol. The molecule has 4 unspecified atom stereocenters. The van der Waals surface area contributed by atoms with Crippen LogP contribution in [0.25, 0.3) is 0 Å². The number of anilines is 1.